The second-order valence-corrected chi connectivity index (χ2v) is 8.44. The summed E-state index contributed by atoms with van der Waals surface area (Å²) in [6.07, 6.45) is 4.06. The molecular weight excluding hydrogens is 414 g/mol. The smallest absolute Gasteiger partial charge is 0.408 e. The number of hydrogen-bond acceptors (Lipinski definition) is 5. The highest BCUT2D eigenvalue weighted by molar-refractivity contribution is 5.98. The molecule has 0 aliphatic rings. The van der Waals surface area contributed by atoms with Crippen LogP contribution in [0.5, 0.6) is 0 Å². The highest BCUT2D eigenvalue weighted by atomic mass is 16.6. The normalized spacial score (nSPS) is 13.2. The zero-order valence-electron chi connectivity index (χ0n) is 19.2. The molecule has 1 aromatic rings. The van der Waals surface area contributed by atoms with E-state index in [9.17, 15) is 19.2 Å². The molecule has 0 aromatic heterocycles. The number of carboxylic acids is 1. The largest absolute Gasteiger partial charge is 0.481 e. The Labute approximate surface area is 188 Å². The molecule has 0 aliphatic heterocycles. The molecule has 176 valence electrons. The predicted octanol–water partition coefficient (Wildman–Crippen LogP) is 3.17. The number of rotatable bonds is 10. The van der Waals surface area contributed by atoms with Crippen LogP contribution in [0.15, 0.2) is 30.3 Å². The van der Waals surface area contributed by atoms with Crippen LogP contribution in [0.4, 0.5) is 10.5 Å². The summed E-state index contributed by atoms with van der Waals surface area (Å²) in [6, 6.07) is 6.31. The van der Waals surface area contributed by atoms with E-state index in [2.05, 4.69) is 16.0 Å². The van der Waals surface area contributed by atoms with E-state index in [0.717, 1.165) is 5.56 Å². The van der Waals surface area contributed by atoms with Crippen molar-refractivity contribution < 1.29 is 29.0 Å². The summed E-state index contributed by atoms with van der Waals surface area (Å²) in [4.78, 5) is 47.0. The van der Waals surface area contributed by atoms with Gasteiger partial charge >= 0.3 is 12.1 Å². The van der Waals surface area contributed by atoms with Crippen molar-refractivity contribution in [2.24, 2.45) is 5.92 Å². The van der Waals surface area contributed by atoms with Gasteiger partial charge in [-0.05, 0) is 52.2 Å². The average molecular weight is 448 g/mol. The van der Waals surface area contributed by atoms with Crippen LogP contribution in [-0.2, 0) is 19.1 Å². The molecule has 0 saturated carbocycles. The van der Waals surface area contributed by atoms with Gasteiger partial charge in [-0.2, -0.15) is 0 Å². The topological polar surface area (TPSA) is 134 Å². The molecule has 9 heteroatoms. The Morgan fingerprint density at radius 1 is 1.12 bits per heavy atom. The number of carboxylic acid groups (broad SMARTS) is 1. The van der Waals surface area contributed by atoms with Gasteiger partial charge in [0.2, 0.25) is 11.8 Å². The van der Waals surface area contributed by atoms with Gasteiger partial charge in [-0.3, -0.25) is 14.4 Å². The number of para-hydroxylation sites is 1. The number of ether oxygens (including phenoxy) is 1. The minimum atomic E-state index is -0.837. The molecule has 0 unspecified atom stereocenters. The Kier molecular flexibility index (Phi) is 10.4. The van der Waals surface area contributed by atoms with Crippen molar-refractivity contribution in [1.29, 1.82) is 0 Å². The van der Waals surface area contributed by atoms with E-state index in [1.54, 1.807) is 39.8 Å². The summed E-state index contributed by atoms with van der Waals surface area (Å²) < 4.78 is 5.05. The van der Waals surface area contributed by atoms with Crippen molar-refractivity contribution in [3.63, 3.8) is 0 Å². The monoisotopic (exact) mass is 447 g/mol. The molecule has 0 fully saturated rings. The lowest BCUT2D eigenvalue weighted by atomic mass is 10.0. The zero-order valence-corrected chi connectivity index (χ0v) is 19.2. The number of allylic oxidation sites excluding steroid dienone is 1. The van der Waals surface area contributed by atoms with Gasteiger partial charge in [-0.1, -0.05) is 37.3 Å². The third-order valence-corrected chi connectivity index (χ3v) is 4.27. The van der Waals surface area contributed by atoms with E-state index in [-0.39, 0.29) is 6.54 Å². The number of benzene rings is 1. The fourth-order valence-corrected chi connectivity index (χ4v) is 2.50. The first-order chi connectivity index (χ1) is 14.9. The van der Waals surface area contributed by atoms with Crippen molar-refractivity contribution in [2.45, 2.75) is 59.1 Å². The van der Waals surface area contributed by atoms with Gasteiger partial charge in [0.25, 0.3) is 0 Å². The highest BCUT2D eigenvalue weighted by Gasteiger charge is 2.19. The lowest BCUT2D eigenvalue weighted by Crippen LogP contribution is -2.46. The third-order valence-electron chi connectivity index (χ3n) is 4.27. The highest BCUT2D eigenvalue weighted by Crippen LogP contribution is 2.18. The van der Waals surface area contributed by atoms with Crippen LogP contribution in [0, 0.1) is 5.92 Å². The number of amides is 3. The summed E-state index contributed by atoms with van der Waals surface area (Å²) >= 11 is 0. The molecule has 0 saturated heterocycles. The molecule has 0 heterocycles. The molecule has 0 aliphatic carbocycles. The van der Waals surface area contributed by atoms with Crippen molar-refractivity contribution in [3.8, 4) is 0 Å². The van der Waals surface area contributed by atoms with Crippen LogP contribution >= 0.6 is 0 Å². The Hall–Kier alpha value is -3.36. The second kappa shape index (κ2) is 12.5. The standard InChI is InChI=1S/C23H33N3O6/c1-15(21(29)30)10-6-7-11-17-12-8-9-13-18(17)26-20(28)16(2)25-19(27)14-24-22(31)32-23(3,4)5/h7-9,11-13,15-16H,6,10,14H2,1-5H3,(H,24,31)(H,25,27)(H,26,28)(H,29,30)/b11-7+/t15-,16+/m0/s1. The Morgan fingerprint density at radius 2 is 1.78 bits per heavy atom. The average Bonchev–Trinajstić information content (AvgIpc) is 2.69. The first-order valence-electron chi connectivity index (χ1n) is 10.4. The summed E-state index contributed by atoms with van der Waals surface area (Å²) in [5.74, 6) is -2.21. The van der Waals surface area contributed by atoms with E-state index in [1.165, 1.54) is 6.92 Å². The molecule has 3 amide bonds. The quantitative estimate of drug-likeness (QED) is 0.435. The van der Waals surface area contributed by atoms with E-state index in [1.807, 2.05) is 24.3 Å². The Bertz CT molecular complexity index is 844. The SMILES string of the molecule is C[C@@H](CC/C=C/c1ccccc1NC(=O)[C@@H](C)NC(=O)CNC(=O)OC(C)(C)C)C(=O)O. The first-order valence-corrected chi connectivity index (χ1v) is 10.4. The molecule has 1 rings (SSSR count). The maximum absolute atomic E-state index is 12.5. The van der Waals surface area contributed by atoms with Crippen LogP contribution in [0.2, 0.25) is 0 Å². The lowest BCUT2D eigenvalue weighted by Gasteiger charge is -2.20. The van der Waals surface area contributed by atoms with Gasteiger partial charge in [0.05, 0.1) is 5.92 Å². The number of carbonyl (C=O) groups is 4. The first kappa shape index (κ1) is 26.7. The maximum atomic E-state index is 12.5. The van der Waals surface area contributed by atoms with Crippen LogP contribution in [0.1, 0.15) is 53.0 Å². The molecule has 0 spiro atoms. The fourth-order valence-electron chi connectivity index (χ4n) is 2.50. The summed E-state index contributed by atoms with van der Waals surface area (Å²) in [6.45, 7) is 8.00. The number of anilines is 1. The van der Waals surface area contributed by atoms with E-state index >= 15 is 0 Å². The van der Waals surface area contributed by atoms with Crippen molar-refractivity contribution in [1.82, 2.24) is 10.6 Å². The van der Waals surface area contributed by atoms with Crippen LogP contribution in [0.3, 0.4) is 0 Å². The van der Waals surface area contributed by atoms with Gasteiger partial charge in [0.15, 0.2) is 0 Å². The summed E-state index contributed by atoms with van der Waals surface area (Å²) in [5, 5.41) is 16.6. The second-order valence-electron chi connectivity index (χ2n) is 8.44. The van der Waals surface area contributed by atoms with Crippen molar-refractivity contribution >= 4 is 35.6 Å². The predicted molar refractivity (Wildman–Crippen MR) is 122 cm³/mol. The maximum Gasteiger partial charge on any atom is 0.408 e. The van der Waals surface area contributed by atoms with Gasteiger partial charge in [-0.15, -0.1) is 0 Å². The minimum Gasteiger partial charge on any atom is -0.481 e. The number of alkyl carbamates (subject to hydrolysis) is 1. The van der Waals surface area contributed by atoms with Gasteiger partial charge in [-0.25, -0.2) is 4.79 Å². The Morgan fingerprint density at radius 3 is 2.41 bits per heavy atom. The molecule has 2 atom stereocenters. The molecule has 1 aromatic carbocycles. The molecular formula is C23H33N3O6. The Balaban J connectivity index is 2.58. The van der Waals surface area contributed by atoms with E-state index < -0.39 is 41.4 Å². The summed E-state index contributed by atoms with van der Waals surface area (Å²) in [7, 11) is 0. The molecule has 4 N–H and O–H groups in total. The van der Waals surface area contributed by atoms with E-state index in [4.69, 9.17) is 9.84 Å². The van der Waals surface area contributed by atoms with Crippen molar-refractivity contribution in [3.05, 3.63) is 35.9 Å². The lowest BCUT2D eigenvalue weighted by molar-refractivity contribution is -0.141. The molecule has 9 nitrogen and oxygen atoms in total. The molecule has 32 heavy (non-hydrogen) atoms. The van der Waals surface area contributed by atoms with E-state index in [0.29, 0.717) is 18.5 Å². The minimum absolute atomic E-state index is 0.319. The van der Waals surface area contributed by atoms with Crippen LogP contribution in [0.25, 0.3) is 6.08 Å². The van der Waals surface area contributed by atoms with Crippen LogP contribution < -0.4 is 16.0 Å². The number of aliphatic carboxylic acids is 1. The summed E-state index contributed by atoms with van der Waals surface area (Å²) in [5.41, 5.74) is 0.645. The molecule has 0 radical (unpaired) electrons. The number of hydrogen-bond donors (Lipinski definition) is 4. The van der Waals surface area contributed by atoms with Gasteiger partial charge in [0.1, 0.15) is 18.2 Å². The van der Waals surface area contributed by atoms with Crippen molar-refractivity contribution in [2.75, 3.05) is 11.9 Å². The number of nitrogens with one attached hydrogen (secondary N) is 3. The fraction of sp³-hybridized carbons (Fsp3) is 0.478. The van der Waals surface area contributed by atoms with Gasteiger partial charge < -0.3 is 25.8 Å². The number of carbonyl (C=O) groups excluding carboxylic acids is 3. The third kappa shape index (κ3) is 10.6. The van der Waals surface area contributed by atoms with Gasteiger partial charge in [0, 0.05) is 5.69 Å². The van der Waals surface area contributed by atoms with Crippen LogP contribution in [-0.4, -0.2) is 47.2 Å². The zero-order chi connectivity index (χ0) is 24.3. The molecule has 0 bridgehead atoms.